The molecule has 0 saturated heterocycles. The van der Waals surface area contributed by atoms with E-state index in [4.69, 9.17) is 15.2 Å². The smallest absolute Gasteiger partial charge is 0.256 e. The summed E-state index contributed by atoms with van der Waals surface area (Å²) in [5.74, 6) is 2.24. The van der Waals surface area contributed by atoms with Gasteiger partial charge >= 0.3 is 0 Å². The third-order valence-corrected chi connectivity index (χ3v) is 6.18. The Morgan fingerprint density at radius 3 is 2.06 bits per heavy atom. The minimum absolute atomic E-state index is 0.147. The van der Waals surface area contributed by atoms with Gasteiger partial charge in [-0.2, -0.15) is 0 Å². The molecule has 35 heavy (non-hydrogen) atoms. The number of nitrogens with two attached hydrogens (primary N) is 1. The molecule has 0 atom stereocenters. The number of nitrogen functional groups attached to an aromatic ring is 1. The number of carbonyl (C=O) groups is 1. The van der Waals surface area contributed by atoms with Crippen molar-refractivity contribution in [3.8, 4) is 17.2 Å². The summed E-state index contributed by atoms with van der Waals surface area (Å²) in [7, 11) is 1.59. The van der Waals surface area contributed by atoms with Gasteiger partial charge < -0.3 is 20.5 Å². The number of benzene rings is 4. The second kappa shape index (κ2) is 10.1. The number of para-hydroxylation sites is 1. The maximum Gasteiger partial charge on any atom is 0.256 e. The Balaban J connectivity index is 1.73. The highest BCUT2D eigenvalue weighted by Gasteiger charge is 2.19. The largest absolute Gasteiger partial charge is 0.497 e. The van der Waals surface area contributed by atoms with Crippen LogP contribution < -0.4 is 20.5 Å². The zero-order chi connectivity index (χ0) is 25.1. The zero-order valence-corrected chi connectivity index (χ0v) is 20.9. The minimum atomic E-state index is -0.147. The van der Waals surface area contributed by atoms with Crippen LogP contribution >= 0.6 is 0 Å². The third kappa shape index (κ3) is 4.94. The predicted molar refractivity (Wildman–Crippen MR) is 144 cm³/mol. The molecule has 180 valence electrons. The van der Waals surface area contributed by atoms with Gasteiger partial charge in [-0.1, -0.05) is 70.2 Å². The van der Waals surface area contributed by atoms with E-state index in [1.54, 1.807) is 25.3 Å². The van der Waals surface area contributed by atoms with Gasteiger partial charge in [0.1, 0.15) is 11.5 Å². The van der Waals surface area contributed by atoms with E-state index in [9.17, 15) is 4.79 Å². The standard InChI is InChI=1S/C30H32N2O3/c1-18(2)21-9-6-10-22(19(3)4)29(21)32-30(33)25-13-7-12-24-23(25)11-8-14-27(24)35-28-16-15-20(34-5)17-26(28)31/h6-19H,31H2,1-5H3,(H,32,33). The topological polar surface area (TPSA) is 73.6 Å². The Kier molecular flexibility index (Phi) is 6.97. The molecular weight excluding hydrogens is 436 g/mol. The van der Waals surface area contributed by atoms with Crippen LogP contribution in [0.15, 0.2) is 72.8 Å². The average Bonchev–Trinajstić information content (AvgIpc) is 2.84. The number of anilines is 2. The van der Waals surface area contributed by atoms with Crippen molar-refractivity contribution < 1.29 is 14.3 Å². The van der Waals surface area contributed by atoms with Crippen LogP contribution in [0, 0.1) is 0 Å². The molecular formula is C30H32N2O3. The maximum atomic E-state index is 13.6. The summed E-state index contributed by atoms with van der Waals surface area (Å²) in [5.41, 5.74) is 10.4. The van der Waals surface area contributed by atoms with E-state index in [0.717, 1.165) is 27.6 Å². The molecule has 0 bridgehead atoms. The van der Waals surface area contributed by atoms with Gasteiger partial charge in [-0.15, -0.1) is 0 Å². The van der Waals surface area contributed by atoms with E-state index < -0.39 is 0 Å². The summed E-state index contributed by atoms with van der Waals surface area (Å²) < 4.78 is 11.4. The normalized spacial score (nSPS) is 11.2. The molecule has 0 spiro atoms. The van der Waals surface area contributed by atoms with Crippen molar-refractivity contribution in [1.82, 2.24) is 0 Å². The Hall–Kier alpha value is -3.99. The third-order valence-electron chi connectivity index (χ3n) is 6.18. The molecule has 0 heterocycles. The molecule has 0 radical (unpaired) electrons. The highest BCUT2D eigenvalue weighted by Crippen LogP contribution is 2.37. The van der Waals surface area contributed by atoms with Crippen molar-refractivity contribution in [3.63, 3.8) is 0 Å². The summed E-state index contributed by atoms with van der Waals surface area (Å²) in [5, 5.41) is 4.87. The Morgan fingerprint density at radius 1 is 0.800 bits per heavy atom. The molecule has 0 aromatic heterocycles. The lowest BCUT2D eigenvalue weighted by molar-refractivity contribution is 0.102. The molecule has 4 aromatic rings. The van der Waals surface area contributed by atoms with Gasteiger partial charge in [-0.25, -0.2) is 0 Å². The van der Waals surface area contributed by atoms with Crippen LogP contribution in [0.3, 0.4) is 0 Å². The summed E-state index contributed by atoms with van der Waals surface area (Å²) in [6, 6.07) is 22.9. The van der Waals surface area contributed by atoms with Crippen molar-refractivity contribution in [2.24, 2.45) is 0 Å². The molecule has 5 heteroatoms. The van der Waals surface area contributed by atoms with Crippen molar-refractivity contribution >= 4 is 28.1 Å². The SMILES string of the molecule is COc1ccc(Oc2cccc3c(C(=O)Nc4c(C(C)C)cccc4C(C)C)cccc23)c(N)c1. The predicted octanol–water partition coefficient (Wildman–Crippen LogP) is 7.72. The van der Waals surface area contributed by atoms with Crippen LogP contribution in [-0.2, 0) is 0 Å². The van der Waals surface area contributed by atoms with Crippen LogP contribution in [0.2, 0.25) is 0 Å². The Morgan fingerprint density at radius 2 is 1.43 bits per heavy atom. The van der Waals surface area contributed by atoms with E-state index in [-0.39, 0.29) is 17.7 Å². The molecule has 0 aliphatic carbocycles. The first kappa shape index (κ1) is 24.1. The van der Waals surface area contributed by atoms with Crippen LogP contribution in [0.4, 0.5) is 11.4 Å². The first-order valence-electron chi connectivity index (χ1n) is 11.9. The molecule has 4 rings (SSSR count). The molecule has 0 fully saturated rings. The van der Waals surface area contributed by atoms with Crippen molar-refractivity contribution in [3.05, 3.63) is 89.5 Å². The highest BCUT2D eigenvalue weighted by atomic mass is 16.5. The number of hydrogen-bond donors (Lipinski definition) is 2. The number of rotatable bonds is 7. The molecule has 0 aliphatic heterocycles. The van der Waals surface area contributed by atoms with E-state index in [0.29, 0.717) is 28.5 Å². The lowest BCUT2D eigenvalue weighted by atomic mass is 9.92. The highest BCUT2D eigenvalue weighted by molar-refractivity contribution is 6.14. The van der Waals surface area contributed by atoms with Gasteiger partial charge in [0.15, 0.2) is 5.75 Å². The fraction of sp³-hybridized carbons (Fsp3) is 0.233. The number of fused-ring (bicyclic) bond motifs is 1. The first-order chi connectivity index (χ1) is 16.8. The fourth-order valence-corrected chi connectivity index (χ4v) is 4.31. The van der Waals surface area contributed by atoms with Crippen LogP contribution in [0.25, 0.3) is 10.8 Å². The quantitative estimate of drug-likeness (QED) is 0.272. The number of ether oxygens (including phenoxy) is 2. The van der Waals surface area contributed by atoms with E-state index in [1.807, 2.05) is 36.4 Å². The van der Waals surface area contributed by atoms with Crippen LogP contribution in [-0.4, -0.2) is 13.0 Å². The van der Waals surface area contributed by atoms with Gasteiger partial charge in [0.25, 0.3) is 5.91 Å². The summed E-state index contributed by atoms with van der Waals surface area (Å²) >= 11 is 0. The molecule has 3 N–H and O–H groups in total. The van der Waals surface area contributed by atoms with E-state index in [2.05, 4.69) is 51.2 Å². The van der Waals surface area contributed by atoms with Gasteiger partial charge in [-0.3, -0.25) is 4.79 Å². The first-order valence-corrected chi connectivity index (χ1v) is 11.9. The molecule has 4 aromatic carbocycles. The van der Waals surface area contributed by atoms with Gasteiger partial charge in [0.2, 0.25) is 0 Å². The van der Waals surface area contributed by atoms with Crippen molar-refractivity contribution in [2.75, 3.05) is 18.2 Å². The van der Waals surface area contributed by atoms with Crippen molar-refractivity contribution in [1.29, 1.82) is 0 Å². The molecule has 0 saturated carbocycles. The Labute approximate surface area is 206 Å². The van der Waals surface area contributed by atoms with Crippen molar-refractivity contribution in [2.45, 2.75) is 39.5 Å². The fourth-order valence-electron chi connectivity index (χ4n) is 4.31. The van der Waals surface area contributed by atoms with Gasteiger partial charge in [-0.05, 0) is 52.6 Å². The second-order valence-corrected chi connectivity index (χ2v) is 9.24. The summed E-state index contributed by atoms with van der Waals surface area (Å²) in [6.45, 7) is 8.56. The number of carbonyl (C=O) groups excluding carboxylic acids is 1. The van der Waals surface area contributed by atoms with Crippen LogP contribution in [0.5, 0.6) is 17.2 Å². The molecule has 1 amide bonds. The average molecular weight is 469 g/mol. The van der Waals surface area contributed by atoms with E-state index in [1.165, 1.54) is 0 Å². The zero-order valence-electron chi connectivity index (χ0n) is 20.9. The lowest BCUT2D eigenvalue weighted by Crippen LogP contribution is -2.16. The molecule has 0 aliphatic rings. The Bertz CT molecular complexity index is 1350. The number of nitrogens with one attached hydrogen (secondary N) is 1. The van der Waals surface area contributed by atoms with Gasteiger partial charge in [0, 0.05) is 22.7 Å². The maximum absolute atomic E-state index is 13.6. The number of amides is 1. The second-order valence-electron chi connectivity index (χ2n) is 9.24. The van der Waals surface area contributed by atoms with Gasteiger partial charge in [0.05, 0.1) is 12.8 Å². The minimum Gasteiger partial charge on any atom is -0.497 e. The number of hydrogen-bond acceptors (Lipinski definition) is 4. The summed E-state index contributed by atoms with van der Waals surface area (Å²) in [4.78, 5) is 13.6. The van der Waals surface area contributed by atoms with Crippen LogP contribution in [0.1, 0.15) is 61.0 Å². The summed E-state index contributed by atoms with van der Waals surface area (Å²) in [6.07, 6.45) is 0. The molecule has 0 unspecified atom stereocenters. The number of methoxy groups -OCH3 is 1. The molecule has 5 nitrogen and oxygen atoms in total. The van der Waals surface area contributed by atoms with E-state index >= 15 is 0 Å². The monoisotopic (exact) mass is 468 g/mol. The lowest BCUT2D eigenvalue weighted by Gasteiger charge is -2.20.